The van der Waals surface area contributed by atoms with Gasteiger partial charge < -0.3 is 20.9 Å². The Balaban J connectivity index is 1.65. The second kappa shape index (κ2) is 6.29. The van der Waals surface area contributed by atoms with E-state index >= 15 is 0 Å². The number of nitrogens with zero attached hydrogens (tertiary/aromatic N) is 4. The number of imidazole rings is 1. The minimum atomic E-state index is -0.0153. The molecule has 1 fully saturated rings. The van der Waals surface area contributed by atoms with Crippen LogP contribution >= 0.6 is 0 Å². The fourth-order valence-corrected chi connectivity index (χ4v) is 3.32. The van der Waals surface area contributed by atoms with Gasteiger partial charge in [-0.15, -0.1) is 0 Å². The van der Waals surface area contributed by atoms with E-state index in [2.05, 4.69) is 30.2 Å². The summed E-state index contributed by atoms with van der Waals surface area (Å²) in [6.07, 6.45) is 2.55. The number of amides is 1. The maximum atomic E-state index is 11.2. The highest BCUT2D eigenvalue weighted by Gasteiger charge is 2.25. The molecule has 26 heavy (non-hydrogen) atoms. The van der Waals surface area contributed by atoms with Crippen LogP contribution in [0.2, 0.25) is 0 Å². The van der Waals surface area contributed by atoms with Crippen LogP contribution in [0.15, 0.2) is 24.4 Å². The number of fused-ring (bicyclic) bond motifs is 1. The van der Waals surface area contributed by atoms with Gasteiger partial charge in [0.2, 0.25) is 5.91 Å². The van der Waals surface area contributed by atoms with Crippen molar-refractivity contribution in [3.63, 3.8) is 0 Å². The molecule has 1 aromatic carbocycles. The molecule has 0 bridgehead atoms. The number of hydrogen-bond donors (Lipinski definition) is 3. The SMILES string of the molecule is CC(=O)NC1CCN(c2cnc(N)c(-c3nc4ccc(C)cc4[nH]3)n2)C1. The fraction of sp³-hybridized carbons (Fsp3) is 0.333. The van der Waals surface area contributed by atoms with Crippen molar-refractivity contribution in [3.05, 3.63) is 30.0 Å². The third kappa shape index (κ3) is 3.05. The van der Waals surface area contributed by atoms with Crippen LogP contribution in [0.3, 0.4) is 0 Å². The van der Waals surface area contributed by atoms with Crippen LogP contribution in [-0.4, -0.2) is 45.0 Å². The summed E-state index contributed by atoms with van der Waals surface area (Å²) in [4.78, 5) is 30.2. The van der Waals surface area contributed by atoms with E-state index in [9.17, 15) is 4.79 Å². The molecule has 3 heterocycles. The minimum Gasteiger partial charge on any atom is -0.382 e. The average Bonchev–Trinajstić information content (AvgIpc) is 3.21. The predicted octanol–water partition coefficient (Wildman–Crippen LogP) is 1.63. The number of aromatic nitrogens is 4. The van der Waals surface area contributed by atoms with Gasteiger partial charge in [-0.2, -0.15) is 0 Å². The second-order valence-electron chi connectivity index (χ2n) is 6.70. The van der Waals surface area contributed by atoms with E-state index in [1.54, 1.807) is 6.20 Å². The maximum absolute atomic E-state index is 11.2. The zero-order valence-corrected chi connectivity index (χ0v) is 14.8. The number of aromatic amines is 1. The molecule has 8 nitrogen and oxygen atoms in total. The first kappa shape index (κ1) is 16.3. The van der Waals surface area contributed by atoms with Crippen molar-refractivity contribution >= 4 is 28.6 Å². The summed E-state index contributed by atoms with van der Waals surface area (Å²) in [6.45, 7) is 5.08. The molecule has 0 aliphatic carbocycles. The number of carbonyl (C=O) groups excluding carboxylic acids is 1. The van der Waals surface area contributed by atoms with E-state index in [-0.39, 0.29) is 11.9 Å². The van der Waals surface area contributed by atoms with E-state index in [1.807, 2.05) is 25.1 Å². The van der Waals surface area contributed by atoms with E-state index in [1.165, 1.54) is 6.92 Å². The van der Waals surface area contributed by atoms with E-state index in [0.29, 0.717) is 23.9 Å². The molecule has 0 spiro atoms. The molecule has 134 valence electrons. The number of hydrogen-bond acceptors (Lipinski definition) is 6. The molecule has 3 aromatic rings. The summed E-state index contributed by atoms with van der Waals surface area (Å²) >= 11 is 0. The van der Waals surface area contributed by atoms with Crippen LogP contribution < -0.4 is 16.0 Å². The summed E-state index contributed by atoms with van der Waals surface area (Å²) in [5, 5.41) is 2.95. The lowest BCUT2D eigenvalue weighted by Crippen LogP contribution is -2.35. The quantitative estimate of drug-likeness (QED) is 0.661. The fourth-order valence-electron chi connectivity index (χ4n) is 3.32. The molecular weight excluding hydrogens is 330 g/mol. The van der Waals surface area contributed by atoms with Gasteiger partial charge in [-0.05, 0) is 31.0 Å². The Labute approximate surface area is 150 Å². The number of nitrogens with two attached hydrogens (primary N) is 1. The number of anilines is 2. The lowest BCUT2D eigenvalue weighted by Gasteiger charge is -2.18. The normalized spacial score (nSPS) is 17.0. The highest BCUT2D eigenvalue weighted by molar-refractivity contribution is 5.81. The van der Waals surface area contributed by atoms with E-state index < -0.39 is 0 Å². The Morgan fingerprint density at radius 2 is 2.23 bits per heavy atom. The third-order valence-corrected chi connectivity index (χ3v) is 4.57. The number of rotatable bonds is 3. The Kier molecular flexibility index (Phi) is 3.95. The standard InChI is InChI=1S/C18H21N7O/c1-10-3-4-13-14(7-10)23-18(22-13)16-17(19)20-8-15(24-16)25-6-5-12(9-25)21-11(2)26/h3-4,7-8,12H,5-6,9H2,1-2H3,(H2,19,20)(H,21,26)(H,22,23). The van der Waals surface area contributed by atoms with Gasteiger partial charge in [0.25, 0.3) is 0 Å². The van der Waals surface area contributed by atoms with Crippen molar-refractivity contribution in [1.29, 1.82) is 0 Å². The van der Waals surface area contributed by atoms with Crippen molar-refractivity contribution in [1.82, 2.24) is 25.3 Å². The van der Waals surface area contributed by atoms with Gasteiger partial charge in [-0.1, -0.05) is 6.07 Å². The van der Waals surface area contributed by atoms with E-state index in [4.69, 9.17) is 5.73 Å². The average molecular weight is 351 g/mol. The van der Waals surface area contributed by atoms with Crippen molar-refractivity contribution < 1.29 is 4.79 Å². The second-order valence-corrected chi connectivity index (χ2v) is 6.70. The molecule has 1 aliphatic rings. The number of carbonyl (C=O) groups is 1. The Bertz CT molecular complexity index is 981. The summed E-state index contributed by atoms with van der Waals surface area (Å²) in [5.41, 5.74) is 9.56. The first-order chi connectivity index (χ1) is 12.5. The number of H-pyrrole nitrogens is 1. The Morgan fingerprint density at radius 3 is 3.04 bits per heavy atom. The van der Waals surface area contributed by atoms with Crippen molar-refractivity contribution in [2.24, 2.45) is 0 Å². The third-order valence-electron chi connectivity index (χ3n) is 4.57. The summed E-state index contributed by atoms with van der Waals surface area (Å²) in [6, 6.07) is 6.16. The van der Waals surface area contributed by atoms with Crippen LogP contribution in [0.25, 0.3) is 22.6 Å². The molecule has 1 unspecified atom stereocenters. The lowest BCUT2D eigenvalue weighted by molar-refractivity contribution is -0.119. The van der Waals surface area contributed by atoms with Gasteiger partial charge in [-0.25, -0.2) is 15.0 Å². The molecule has 8 heteroatoms. The van der Waals surface area contributed by atoms with Crippen molar-refractivity contribution in [3.8, 4) is 11.5 Å². The maximum Gasteiger partial charge on any atom is 0.217 e. The zero-order chi connectivity index (χ0) is 18.3. The number of aryl methyl sites for hydroxylation is 1. The first-order valence-electron chi connectivity index (χ1n) is 8.61. The van der Waals surface area contributed by atoms with Crippen LogP contribution in [0, 0.1) is 6.92 Å². The van der Waals surface area contributed by atoms with Crippen LogP contribution in [-0.2, 0) is 4.79 Å². The molecule has 4 rings (SSSR count). The van der Waals surface area contributed by atoms with Gasteiger partial charge in [0.1, 0.15) is 5.82 Å². The predicted molar refractivity (Wildman–Crippen MR) is 101 cm³/mol. The smallest absolute Gasteiger partial charge is 0.217 e. The van der Waals surface area contributed by atoms with Gasteiger partial charge >= 0.3 is 0 Å². The van der Waals surface area contributed by atoms with Gasteiger partial charge in [0.05, 0.1) is 17.2 Å². The molecular formula is C18H21N7O. The molecule has 4 N–H and O–H groups in total. The zero-order valence-electron chi connectivity index (χ0n) is 14.8. The molecule has 2 aromatic heterocycles. The first-order valence-corrected chi connectivity index (χ1v) is 8.61. The van der Waals surface area contributed by atoms with E-state index in [0.717, 1.165) is 35.4 Å². The Morgan fingerprint density at radius 1 is 1.38 bits per heavy atom. The van der Waals surface area contributed by atoms with Gasteiger partial charge in [0, 0.05) is 26.1 Å². The van der Waals surface area contributed by atoms with Crippen molar-refractivity contribution in [2.45, 2.75) is 26.3 Å². The monoisotopic (exact) mass is 351 g/mol. The molecule has 1 atom stereocenters. The van der Waals surface area contributed by atoms with Crippen LogP contribution in [0.4, 0.5) is 11.6 Å². The molecule has 1 aliphatic heterocycles. The van der Waals surface area contributed by atoms with Gasteiger partial charge in [0.15, 0.2) is 17.3 Å². The minimum absolute atomic E-state index is 0.0153. The molecule has 0 saturated carbocycles. The number of nitrogens with one attached hydrogen (secondary N) is 2. The summed E-state index contributed by atoms with van der Waals surface area (Å²) in [7, 11) is 0. The van der Waals surface area contributed by atoms with Crippen LogP contribution in [0.5, 0.6) is 0 Å². The topological polar surface area (TPSA) is 113 Å². The van der Waals surface area contributed by atoms with Crippen LogP contribution in [0.1, 0.15) is 18.9 Å². The molecule has 1 amide bonds. The van der Waals surface area contributed by atoms with Crippen molar-refractivity contribution in [2.75, 3.05) is 23.7 Å². The highest BCUT2D eigenvalue weighted by atomic mass is 16.1. The Hall–Kier alpha value is -3.16. The lowest BCUT2D eigenvalue weighted by atomic mass is 10.2. The van der Waals surface area contributed by atoms with Gasteiger partial charge in [-0.3, -0.25) is 4.79 Å². The molecule has 1 saturated heterocycles. The highest BCUT2D eigenvalue weighted by Crippen LogP contribution is 2.26. The number of benzene rings is 1. The largest absolute Gasteiger partial charge is 0.382 e. The summed E-state index contributed by atoms with van der Waals surface area (Å²) < 4.78 is 0. The molecule has 0 radical (unpaired) electrons. The number of nitrogen functional groups attached to an aromatic ring is 1. The summed E-state index contributed by atoms with van der Waals surface area (Å²) in [5.74, 6) is 1.66.